The standard InChI is InChI=1S/C18H13ClO5/c1-2-22-18(21)24-17-15(20)13-5-3-4-6-14(13)23-16(17)11-7-9-12(19)10-8-11/h3-10H,2H2,1H3. The highest BCUT2D eigenvalue weighted by atomic mass is 35.5. The van der Waals surface area contributed by atoms with Gasteiger partial charge in [0.05, 0.1) is 12.0 Å². The van der Waals surface area contributed by atoms with Gasteiger partial charge in [-0.05, 0) is 43.3 Å². The van der Waals surface area contributed by atoms with Crippen molar-refractivity contribution in [2.24, 2.45) is 0 Å². The molecule has 0 saturated carbocycles. The van der Waals surface area contributed by atoms with E-state index in [4.69, 9.17) is 25.5 Å². The first-order chi connectivity index (χ1) is 11.6. The van der Waals surface area contributed by atoms with Crippen molar-refractivity contribution in [3.63, 3.8) is 0 Å². The Morgan fingerprint density at radius 3 is 2.54 bits per heavy atom. The van der Waals surface area contributed by atoms with Gasteiger partial charge >= 0.3 is 6.16 Å². The predicted molar refractivity (Wildman–Crippen MR) is 90.6 cm³/mol. The van der Waals surface area contributed by atoms with Gasteiger partial charge in [0.15, 0.2) is 5.76 Å². The molecule has 1 aromatic heterocycles. The minimum Gasteiger partial charge on any atom is -0.452 e. The average Bonchev–Trinajstić information content (AvgIpc) is 2.58. The van der Waals surface area contributed by atoms with Crippen molar-refractivity contribution in [1.29, 1.82) is 0 Å². The maximum absolute atomic E-state index is 12.7. The summed E-state index contributed by atoms with van der Waals surface area (Å²) in [5.41, 5.74) is 0.500. The highest BCUT2D eigenvalue weighted by molar-refractivity contribution is 6.30. The largest absolute Gasteiger partial charge is 0.514 e. The number of fused-ring (bicyclic) bond motifs is 1. The first-order valence-corrected chi connectivity index (χ1v) is 7.64. The van der Waals surface area contributed by atoms with Crippen LogP contribution in [0, 0.1) is 0 Å². The van der Waals surface area contributed by atoms with E-state index < -0.39 is 11.6 Å². The average molecular weight is 345 g/mol. The van der Waals surface area contributed by atoms with Crippen LogP contribution in [0.4, 0.5) is 4.79 Å². The summed E-state index contributed by atoms with van der Waals surface area (Å²) in [4.78, 5) is 24.4. The summed E-state index contributed by atoms with van der Waals surface area (Å²) in [5.74, 6) is -0.0714. The zero-order valence-electron chi connectivity index (χ0n) is 12.7. The van der Waals surface area contributed by atoms with Gasteiger partial charge in [-0.15, -0.1) is 0 Å². The van der Waals surface area contributed by atoms with E-state index >= 15 is 0 Å². The van der Waals surface area contributed by atoms with Crippen LogP contribution in [0.1, 0.15) is 6.92 Å². The summed E-state index contributed by atoms with van der Waals surface area (Å²) in [6.07, 6.45) is -0.963. The number of ether oxygens (including phenoxy) is 2. The monoisotopic (exact) mass is 344 g/mol. The smallest absolute Gasteiger partial charge is 0.452 e. The number of halogens is 1. The number of hydrogen-bond donors (Lipinski definition) is 0. The first-order valence-electron chi connectivity index (χ1n) is 7.26. The lowest BCUT2D eigenvalue weighted by Gasteiger charge is -2.10. The molecule has 0 radical (unpaired) electrons. The van der Waals surface area contributed by atoms with Crippen LogP contribution in [-0.2, 0) is 4.74 Å². The Labute approximate surface area is 142 Å². The second-order valence-electron chi connectivity index (χ2n) is 4.88. The Kier molecular flexibility index (Phi) is 4.53. The van der Waals surface area contributed by atoms with Gasteiger partial charge in [-0.1, -0.05) is 23.7 Å². The van der Waals surface area contributed by atoms with Crippen molar-refractivity contribution in [2.75, 3.05) is 6.61 Å². The zero-order chi connectivity index (χ0) is 17.1. The van der Waals surface area contributed by atoms with Crippen LogP contribution < -0.4 is 10.2 Å². The molecule has 0 bridgehead atoms. The number of rotatable bonds is 3. The second-order valence-corrected chi connectivity index (χ2v) is 5.31. The van der Waals surface area contributed by atoms with Crippen LogP contribution in [0.3, 0.4) is 0 Å². The molecule has 2 aromatic carbocycles. The van der Waals surface area contributed by atoms with Crippen LogP contribution in [0.2, 0.25) is 5.02 Å². The van der Waals surface area contributed by atoms with E-state index in [1.165, 1.54) is 0 Å². The fourth-order valence-corrected chi connectivity index (χ4v) is 2.37. The highest BCUT2D eigenvalue weighted by Crippen LogP contribution is 2.31. The molecule has 1 heterocycles. The molecule has 0 saturated heterocycles. The molecular weight excluding hydrogens is 332 g/mol. The lowest BCUT2D eigenvalue weighted by Crippen LogP contribution is -2.17. The number of para-hydroxylation sites is 1. The van der Waals surface area contributed by atoms with E-state index in [1.54, 1.807) is 55.5 Å². The highest BCUT2D eigenvalue weighted by Gasteiger charge is 2.20. The molecule has 0 spiro atoms. The third kappa shape index (κ3) is 3.12. The van der Waals surface area contributed by atoms with E-state index in [-0.39, 0.29) is 18.1 Å². The SMILES string of the molecule is CCOC(=O)Oc1c(-c2ccc(Cl)cc2)oc2ccccc2c1=O. The molecule has 0 amide bonds. The lowest BCUT2D eigenvalue weighted by molar-refractivity contribution is 0.103. The molecule has 0 aliphatic heterocycles. The van der Waals surface area contributed by atoms with E-state index in [9.17, 15) is 9.59 Å². The minimum atomic E-state index is -0.963. The second kappa shape index (κ2) is 6.76. The molecule has 3 aromatic rings. The van der Waals surface area contributed by atoms with Crippen LogP contribution in [0.25, 0.3) is 22.3 Å². The third-order valence-corrected chi connectivity index (χ3v) is 3.56. The normalized spacial score (nSPS) is 10.6. The molecule has 3 rings (SSSR count). The molecule has 0 fully saturated rings. The van der Waals surface area contributed by atoms with Crippen LogP contribution >= 0.6 is 11.6 Å². The Hall–Kier alpha value is -2.79. The van der Waals surface area contributed by atoms with Gasteiger partial charge in [-0.2, -0.15) is 0 Å². The summed E-state index contributed by atoms with van der Waals surface area (Å²) in [7, 11) is 0. The predicted octanol–water partition coefficient (Wildman–Crippen LogP) is 4.65. The molecule has 0 atom stereocenters. The van der Waals surface area contributed by atoms with Crippen molar-refractivity contribution in [3.05, 3.63) is 63.8 Å². The maximum atomic E-state index is 12.7. The molecule has 0 N–H and O–H groups in total. The van der Waals surface area contributed by atoms with Crippen LogP contribution in [0.5, 0.6) is 5.75 Å². The topological polar surface area (TPSA) is 65.7 Å². The summed E-state index contributed by atoms with van der Waals surface area (Å²) >= 11 is 5.89. The van der Waals surface area contributed by atoms with E-state index in [2.05, 4.69) is 0 Å². The van der Waals surface area contributed by atoms with Gasteiger partial charge in [-0.3, -0.25) is 4.79 Å². The molecule has 6 heteroatoms. The van der Waals surface area contributed by atoms with Crippen LogP contribution in [0.15, 0.2) is 57.7 Å². The van der Waals surface area contributed by atoms with Gasteiger partial charge in [0.25, 0.3) is 0 Å². The maximum Gasteiger partial charge on any atom is 0.514 e. The molecule has 24 heavy (non-hydrogen) atoms. The molecule has 0 aliphatic rings. The van der Waals surface area contributed by atoms with Gasteiger partial charge in [0.1, 0.15) is 5.58 Å². The quantitative estimate of drug-likeness (QED) is 0.647. The molecule has 122 valence electrons. The summed E-state index contributed by atoms with van der Waals surface area (Å²) in [6, 6.07) is 13.4. The number of hydrogen-bond acceptors (Lipinski definition) is 5. The number of carbonyl (C=O) groups excluding carboxylic acids is 1. The van der Waals surface area contributed by atoms with Crippen LogP contribution in [-0.4, -0.2) is 12.8 Å². The van der Waals surface area contributed by atoms with Gasteiger partial charge in [-0.25, -0.2) is 4.79 Å². The molecule has 0 unspecified atom stereocenters. The van der Waals surface area contributed by atoms with Gasteiger partial charge in [0, 0.05) is 10.6 Å². The van der Waals surface area contributed by atoms with E-state index in [1.807, 2.05) is 0 Å². The minimum absolute atomic E-state index is 0.133. The van der Waals surface area contributed by atoms with E-state index in [0.717, 1.165) is 0 Å². The van der Waals surface area contributed by atoms with Gasteiger partial charge < -0.3 is 13.9 Å². The number of carbonyl (C=O) groups is 1. The Balaban J connectivity index is 2.23. The Morgan fingerprint density at radius 2 is 1.83 bits per heavy atom. The lowest BCUT2D eigenvalue weighted by atomic mass is 10.1. The summed E-state index contributed by atoms with van der Waals surface area (Å²) < 4.78 is 15.7. The summed E-state index contributed by atoms with van der Waals surface area (Å²) in [5, 5.41) is 0.851. The van der Waals surface area contributed by atoms with Crippen molar-refractivity contribution >= 4 is 28.7 Å². The van der Waals surface area contributed by atoms with Crippen molar-refractivity contribution < 1.29 is 18.7 Å². The zero-order valence-corrected chi connectivity index (χ0v) is 13.5. The fraction of sp³-hybridized carbons (Fsp3) is 0.111. The van der Waals surface area contributed by atoms with E-state index in [0.29, 0.717) is 21.6 Å². The Bertz CT molecular complexity index is 944. The first kappa shape index (κ1) is 16.1. The molecular formula is C18H13ClO5. The number of benzene rings is 2. The molecule has 0 aliphatic carbocycles. The summed E-state index contributed by atoms with van der Waals surface area (Å²) in [6.45, 7) is 1.78. The van der Waals surface area contributed by atoms with Gasteiger partial charge in [0.2, 0.25) is 11.2 Å². The van der Waals surface area contributed by atoms with Crippen molar-refractivity contribution in [3.8, 4) is 17.1 Å². The third-order valence-electron chi connectivity index (χ3n) is 3.31. The fourth-order valence-electron chi connectivity index (χ4n) is 2.24. The molecule has 5 nitrogen and oxygen atoms in total. The van der Waals surface area contributed by atoms with Crippen molar-refractivity contribution in [1.82, 2.24) is 0 Å². The van der Waals surface area contributed by atoms with Crippen molar-refractivity contribution in [2.45, 2.75) is 6.92 Å². The Morgan fingerprint density at radius 1 is 1.12 bits per heavy atom.